The summed E-state index contributed by atoms with van der Waals surface area (Å²) in [6.45, 7) is 3.01. The van der Waals surface area contributed by atoms with Gasteiger partial charge in [-0.1, -0.05) is 29.8 Å². The molecule has 1 aromatic carbocycles. The third-order valence-electron chi connectivity index (χ3n) is 2.52. The predicted octanol–water partition coefficient (Wildman–Crippen LogP) is 1.81. The zero-order valence-electron chi connectivity index (χ0n) is 10.2. The van der Waals surface area contributed by atoms with Crippen LogP contribution in [0.2, 0.25) is 0 Å². The van der Waals surface area contributed by atoms with Crippen LogP contribution in [0.15, 0.2) is 34.7 Å². The Balaban J connectivity index is 2.05. The minimum atomic E-state index is -3.31. The van der Waals surface area contributed by atoms with Gasteiger partial charge in [0.25, 0.3) is 0 Å². The van der Waals surface area contributed by atoms with Gasteiger partial charge in [-0.3, -0.25) is 4.99 Å². The van der Waals surface area contributed by atoms with E-state index >= 15 is 0 Å². The maximum atomic E-state index is 11.8. The highest BCUT2D eigenvalue weighted by molar-refractivity contribution is 7.95. The molecule has 0 bridgehead atoms. The molecule has 0 fully saturated rings. The second kappa shape index (κ2) is 5.35. The van der Waals surface area contributed by atoms with Crippen molar-refractivity contribution in [2.24, 2.45) is 4.99 Å². The molecule has 1 aromatic rings. The average Bonchev–Trinajstić information content (AvgIpc) is 2.80. The molecule has 0 unspecified atom stereocenters. The molecule has 1 aliphatic rings. The lowest BCUT2D eigenvalue weighted by molar-refractivity contribution is 0.345. The van der Waals surface area contributed by atoms with Crippen LogP contribution in [-0.4, -0.2) is 33.2 Å². The van der Waals surface area contributed by atoms with Crippen LogP contribution >= 0.6 is 0 Å². The van der Waals surface area contributed by atoms with Crippen LogP contribution < -0.4 is 0 Å². The summed E-state index contributed by atoms with van der Waals surface area (Å²) in [7, 11) is -3.31. The molecule has 0 saturated heterocycles. The molecule has 0 saturated carbocycles. The third kappa shape index (κ3) is 3.70. The van der Waals surface area contributed by atoms with Gasteiger partial charge in [0.15, 0.2) is 15.7 Å². The smallest absolute Gasteiger partial charge is 0.199 e. The van der Waals surface area contributed by atoms with Crippen LogP contribution in [0.25, 0.3) is 6.08 Å². The highest BCUT2D eigenvalue weighted by Gasteiger charge is 2.15. The Bertz CT molecular complexity index is 571. The van der Waals surface area contributed by atoms with Gasteiger partial charge in [0.05, 0.1) is 6.54 Å². The van der Waals surface area contributed by atoms with E-state index < -0.39 is 9.84 Å². The Morgan fingerprint density at radius 2 is 2.06 bits per heavy atom. The molecule has 2 rings (SSSR count). The standard InChI is InChI=1S/C13H15NO3S/c1-11-2-4-12(5-3-11)6-9-18(15,16)10-13-14-7-8-17-13/h2-6,9H,7-8,10H2,1H3/b9-6-. The third-order valence-corrected chi connectivity index (χ3v) is 3.72. The number of aryl methyl sites for hydroxylation is 1. The molecule has 0 atom stereocenters. The summed E-state index contributed by atoms with van der Waals surface area (Å²) >= 11 is 0. The number of rotatable bonds is 4. The van der Waals surface area contributed by atoms with Crippen molar-refractivity contribution in [2.75, 3.05) is 18.9 Å². The molecule has 0 aliphatic carbocycles. The number of ether oxygens (including phenoxy) is 1. The Labute approximate surface area is 107 Å². The van der Waals surface area contributed by atoms with Gasteiger partial charge in [0.2, 0.25) is 0 Å². The van der Waals surface area contributed by atoms with Gasteiger partial charge in [-0.2, -0.15) is 0 Å². The van der Waals surface area contributed by atoms with Crippen molar-refractivity contribution < 1.29 is 13.2 Å². The lowest BCUT2D eigenvalue weighted by Crippen LogP contribution is -2.13. The van der Waals surface area contributed by atoms with Crippen molar-refractivity contribution in [2.45, 2.75) is 6.92 Å². The first-order valence-corrected chi connectivity index (χ1v) is 7.40. The molecule has 1 aliphatic heterocycles. The second-order valence-electron chi connectivity index (χ2n) is 4.14. The molecule has 0 aromatic heterocycles. The lowest BCUT2D eigenvalue weighted by Gasteiger charge is -2.00. The Morgan fingerprint density at radius 3 is 2.67 bits per heavy atom. The van der Waals surface area contributed by atoms with Gasteiger partial charge in [-0.25, -0.2) is 8.42 Å². The molecule has 0 radical (unpaired) electrons. The fraction of sp³-hybridized carbons (Fsp3) is 0.308. The van der Waals surface area contributed by atoms with Crippen molar-refractivity contribution in [1.82, 2.24) is 0 Å². The number of sulfone groups is 1. The molecule has 5 heteroatoms. The molecule has 4 nitrogen and oxygen atoms in total. The Morgan fingerprint density at radius 1 is 1.33 bits per heavy atom. The molecular formula is C13H15NO3S. The summed E-state index contributed by atoms with van der Waals surface area (Å²) in [5, 5.41) is 1.21. The normalized spacial score (nSPS) is 15.7. The van der Waals surface area contributed by atoms with Crippen LogP contribution in [-0.2, 0) is 14.6 Å². The Hall–Kier alpha value is -1.62. The van der Waals surface area contributed by atoms with Gasteiger partial charge in [0, 0.05) is 5.41 Å². The summed E-state index contributed by atoms with van der Waals surface area (Å²) in [6, 6.07) is 7.64. The molecular weight excluding hydrogens is 250 g/mol. The van der Waals surface area contributed by atoms with Crippen molar-refractivity contribution in [1.29, 1.82) is 0 Å². The van der Waals surface area contributed by atoms with Crippen molar-refractivity contribution in [3.63, 3.8) is 0 Å². The first-order valence-electron chi connectivity index (χ1n) is 5.69. The second-order valence-corrected chi connectivity index (χ2v) is 6.03. The van der Waals surface area contributed by atoms with Crippen molar-refractivity contribution >= 4 is 21.8 Å². The highest BCUT2D eigenvalue weighted by atomic mass is 32.2. The van der Waals surface area contributed by atoms with Gasteiger partial charge >= 0.3 is 0 Å². The quantitative estimate of drug-likeness (QED) is 0.834. The van der Waals surface area contributed by atoms with Crippen LogP contribution in [0.5, 0.6) is 0 Å². The lowest BCUT2D eigenvalue weighted by atomic mass is 10.2. The van der Waals surface area contributed by atoms with E-state index in [-0.39, 0.29) is 5.75 Å². The fourth-order valence-electron chi connectivity index (χ4n) is 1.55. The predicted molar refractivity (Wildman–Crippen MR) is 72.3 cm³/mol. The van der Waals surface area contributed by atoms with E-state index in [1.165, 1.54) is 5.41 Å². The summed E-state index contributed by atoms with van der Waals surface area (Å²) in [6.07, 6.45) is 1.59. The molecule has 0 N–H and O–H groups in total. The SMILES string of the molecule is Cc1ccc(/C=C\S(=O)(=O)CC2=NCCO2)cc1. The topological polar surface area (TPSA) is 55.7 Å². The number of benzene rings is 1. The molecule has 0 spiro atoms. The zero-order valence-corrected chi connectivity index (χ0v) is 11.0. The first kappa shape index (κ1) is 12.8. The van der Waals surface area contributed by atoms with E-state index in [0.29, 0.717) is 19.0 Å². The monoisotopic (exact) mass is 265 g/mol. The van der Waals surface area contributed by atoms with E-state index in [1.54, 1.807) is 6.08 Å². The maximum absolute atomic E-state index is 11.8. The molecule has 0 amide bonds. The van der Waals surface area contributed by atoms with Gasteiger partial charge in [0.1, 0.15) is 12.4 Å². The fourth-order valence-corrected chi connectivity index (χ4v) is 2.53. The van der Waals surface area contributed by atoms with E-state index in [2.05, 4.69) is 4.99 Å². The number of hydrogen-bond acceptors (Lipinski definition) is 4. The highest BCUT2D eigenvalue weighted by Crippen LogP contribution is 2.08. The number of hydrogen-bond donors (Lipinski definition) is 0. The van der Waals surface area contributed by atoms with Gasteiger partial charge in [-0.05, 0) is 18.6 Å². The summed E-state index contributed by atoms with van der Waals surface area (Å²) in [5.41, 5.74) is 2.00. The van der Waals surface area contributed by atoms with Crippen LogP contribution in [0.3, 0.4) is 0 Å². The minimum Gasteiger partial charge on any atom is -0.478 e. The Kier molecular flexibility index (Phi) is 3.81. The van der Waals surface area contributed by atoms with E-state index in [9.17, 15) is 8.42 Å². The van der Waals surface area contributed by atoms with Crippen LogP contribution in [0, 0.1) is 6.92 Å². The summed E-state index contributed by atoms with van der Waals surface area (Å²) < 4.78 is 28.7. The van der Waals surface area contributed by atoms with Crippen molar-refractivity contribution in [3.05, 3.63) is 40.8 Å². The van der Waals surface area contributed by atoms with Gasteiger partial charge in [-0.15, -0.1) is 0 Å². The molecule has 96 valence electrons. The van der Waals surface area contributed by atoms with E-state index in [1.807, 2.05) is 31.2 Å². The van der Waals surface area contributed by atoms with Crippen molar-refractivity contribution in [3.8, 4) is 0 Å². The summed E-state index contributed by atoms with van der Waals surface area (Å²) in [5.74, 6) is 0.151. The maximum Gasteiger partial charge on any atom is 0.199 e. The largest absolute Gasteiger partial charge is 0.478 e. The van der Waals surface area contributed by atoms with E-state index in [4.69, 9.17) is 4.74 Å². The van der Waals surface area contributed by atoms with E-state index in [0.717, 1.165) is 11.1 Å². The van der Waals surface area contributed by atoms with Gasteiger partial charge < -0.3 is 4.74 Å². The number of aliphatic imine (C=N–C) groups is 1. The van der Waals surface area contributed by atoms with Crippen LogP contribution in [0.1, 0.15) is 11.1 Å². The molecule has 1 heterocycles. The molecule has 18 heavy (non-hydrogen) atoms. The number of nitrogens with zero attached hydrogens (tertiary/aromatic N) is 1. The van der Waals surface area contributed by atoms with Crippen LogP contribution in [0.4, 0.5) is 0 Å². The zero-order chi connectivity index (χ0) is 13.0. The average molecular weight is 265 g/mol. The minimum absolute atomic E-state index is 0.157. The summed E-state index contributed by atoms with van der Waals surface area (Å²) in [4.78, 5) is 3.97. The first-order chi connectivity index (χ1) is 8.55.